The van der Waals surface area contributed by atoms with Gasteiger partial charge in [0.15, 0.2) is 0 Å². The summed E-state index contributed by atoms with van der Waals surface area (Å²) in [7, 11) is 3.14. The summed E-state index contributed by atoms with van der Waals surface area (Å²) in [5.74, 6) is 8.14. The first-order valence-electron chi connectivity index (χ1n) is 17.6. The molecule has 1 aromatic rings. The van der Waals surface area contributed by atoms with Crippen molar-refractivity contribution in [3.63, 3.8) is 0 Å². The molecule has 0 aliphatic heterocycles. The Morgan fingerprint density at radius 1 is 0.935 bits per heavy atom. The number of allylic oxidation sites excluding steroid dienone is 3. The zero-order valence-corrected chi connectivity index (χ0v) is 29.5. The molecule has 1 amide bonds. The van der Waals surface area contributed by atoms with E-state index >= 15 is 0 Å². The van der Waals surface area contributed by atoms with Gasteiger partial charge >= 0.3 is 11.9 Å². The van der Waals surface area contributed by atoms with E-state index in [1.807, 2.05) is 12.1 Å². The maximum absolute atomic E-state index is 12.8. The summed E-state index contributed by atoms with van der Waals surface area (Å²) in [5, 5.41) is 10.7. The molecule has 3 unspecified atom stereocenters. The van der Waals surface area contributed by atoms with Crippen molar-refractivity contribution in [2.45, 2.75) is 99.3 Å². The molecule has 5 aliphatic rings. The summed E-state index contributed by atoms with van der Waals surface area (Å²) in [6.07, 6.45) is 12.9. The zero-order valence-electron chi connectivity index (χ0n) is 29.5. The van der Waals surface area contributed by atoms with E-state index in [0.717, 1.165) is 37.7 Å². The molecule has 5 nitrogen and oxygen atoms in total. The molecule has 0 heterocycles. The molecule has 4 saturated carbocycles. The highest BCUT2D eigenvalue weighted by Crippen LogP contribution is 2.77. The van der Waals surface area contributed by atoms with Gasteiger partial charge in [-0.05, 0) is 145 Å². The molecule has 0 saturated heterocycles. The van der Waals surface area contributed by atoms with Crippen molar-refractivity contribution in [2.24, 2.45) is 56.7 Å². The van der Waals surface area contributed by atoms with Crippen LogP contribution in [0.5, 0.6) is 0 Å². The number of rotatable bonds is 4. The van der Waals surface area contributed by atoms with Crippen LogP contribution in [0.4, 0.5) is 0 Å². The lowest BCUT2D eigenvalue weighted by Gasteiger charge is -2.72. The summed E-state index contributed by atoms with van der Waals surface area (Å²) >= 11 is 0. The molecule has 1 aromatic carbocycles. The number of carbonyl (C=O) groups excluding carboxylic acids is 1. The normalized spacial score (nSPS) is 40.5. The van der Waals surface area contributed by atoms with E-state index in [9.17, 15) is 14.7 Å². The smallest absolute Gasteiger partial charge is 0.335 e. The van der Waals surface area contributed by atoms with Crippen molar-refractivity contribution < 1.29 is 19.5 Å². The zero-order chi connectivity index (χ0) is 33.4. The highest BCUT2D eigenvalue weighted by atomic mass is 16.7. The van der Waals surface area contributed by atoms with Crippen LogP contribution in [-0.4, -0.2) is 36.2 Å². The Hall–Kier alpha value is -2.84. The second kappa shape index (κ2) is 11.1. The standard InChI is InChI=1S/C41H55NO4/c1-26(2)29-16-22-41(23-19-34(43)42(8)46-9)25-24-39(6)31(35(29)41)14-15-33-38(5)20-17-30(27-10-12-28(13-11-27)36(44)45)37(3,4)32(38)18-21-40(33,39)7/h10-13,17,29,31-33,35H,1,14-16,18,20-22,24-25H2,2-9H3,(H,44,45)/t29-,31+,32?,33?,35?,38-,39+,40+,41-/m0/s1. The second-order valence-electron chi connectivity index (χ2n) is 17.0. The molecule has 6 rings (SSSR count). The minimum absolute atomic E-state index is 0.00741. The number of hydrogen-bond donors (Lipinski definition) is 1. The number of nitrogens with zero attached hydrogens (tertiary/aromatic N) is 1. The van der Waals surface area contributed by atoms with Gasteiger partial charge in [-0.3, -0.25) is 9.63 Å². The van der Waals surface area contributed by atoms with Gasteiger partial charge in [-0.2, -0.15) is 0 Å². The SMILES string of the molecule is C=C(C)[C@@H]1CC[C@]2(C#CC(=O)N(C)OC)CC[C@]3(C)[C@H](CCC4[C@@]5(C)CC=C(c6ccc(C(=O)O)cc6)C(C)(C)C5CC[C@]43C)C12. The topological polar surface area (TPSA) is 66.8 Å². The van der Waals surface area contributed by atoms with E-state index in [0.29, 0.717) is 35.2 Å². The number of hydrogen-bond acceptors (Lipinski definition) is 3. The summed E-state index contributed by atoms with van der Waals surface area (Å²) in [6, 6.07) is 7.53. The van der Waals surface area contributed by atoms with Gasteiger partial charge in [-0.25, -0.2) is 9.86 Å². The van der Waals surface area contributed by atoms with Crippen LogP contribution in [0.15, 0.2) is 42.5 Å². The first-order chi connectivity index (χ1) is 21.6. The van der Waals surface area contributed by atoms with Crippen LogP contribution in [0.25, 0.3) is 5.57 Å². The molecule has 9 atom stereocenters. The molecule has 4 fully saturated rings. The van der Waals surface area contributed by atoms with Gasteiger partial charge in [0, 0.05) is 12.5 Å². The average Bonchev–Trinajstić information content (AvgIpc) is 3.40. The lowest BCUT2D eigenvalue weighted by atomic mass is 9.32. The van der Waals surface area contributed by atoms with Crippen LogP contribution >= 0.6 is 0 Å². The van der Waals surface area contributed by atoms with Gasteiger partial charge in [0.2, 0.25) is 0 Å². The van der Waals surface area contributed by atoms with Crippen molar-refractivity contribution in [1.29, 1.82) is 0 Å². The lowest BCUT2D eigenvalue weighted by molar-refractivity contribution is -0.220. The maximum atomic E-state index is 12.8. The van der Waals surface area contributed by atoms with Crippen LogP contribution < -0.4 is 0 Å². The summed E-state index contributed by atoms with van der Waals surface area (Å²) < 4.78 is 0. The molecule has 0 bridgehead atoms. The number of carboxylic acid groups (broad SMARTS) is 1. The van der Waals surface area contributed by atoms with Crippen LogP contribution in [0.2, 0.25) is 0 Å². The molecule has 248 valence electrons. The number of carboxylic acids is 1. The van der Waals surface area contributed by atoms with Crippen LogP contribution in [0.3, 0.4) is 0 Å². The fraction of sp³-hybridized carbons (Fsp3) is 0.659. The van der Waals surface area contributed by atoms with Gasteiger partial charge in [-0.15, -0.1) is 0 Å². The first kappa shape index (κ1) is 33.1. The Kier molecular flexibility index (Phi) is 7.99. The van der Waals surface area contributed by atoms with Crippen molar-refractivity contribution in [2.75, 3.05) is 14.2 Å². The highest BCUT2D eigenvalue weighted by Gasteiger charge is 2.70. The predicted octanol–water partition coefficient (Wildman–Crippen LogP) is 9.06. The van der Waals surface area contributed by atoms with Gasteiger partial charge < -0.3 is 5.11 Å². The molecule has 1 N–H and O–H groups in total. The molecular formula is C41H55NO4. The quantitative estimate of drug-likeness (QED) is 0.206. The monoisotopic (exact) mass is 625 g/mol. The number of fused-ring (bicyclic) bond motifs is 7. The van der Waals surface area contributed by atoms with Gasteiger partial charge in [0.1, 0.15) is 0 Å². The fourth-order valence-electron chi connectivity index (χ4n) is 12.6. The van der Waals surface area contributed by atoms with E-state index in [4.69, 9.17) is 4.84 Å². The minimum atomic E-state index is -0.877. The number of aromatic carboxylic acids is 1. The number of benzene rings is 1. The third-order valence-corrected chi connectivity index (χ3v) is 15.1. The van der Waals surface area contributed by atoms with Crippen molar-refractivity contribution in [3.8, 4) is 11.8 Å². The summed E-state index contributed by atoms with van der Waals surface area (Å²) in [4.78, 5) is 29.4. The molecule has 0 spiro atoms. The summed E-state index contributed by atoms with van der Waals surface area (Å²) in [5.41, 5.74) is 4.64. The van der Waals surface area contributed by atoms with Gasteiger partial charge in [-0.1, -0.05) is 70.9 Å². The molecule has 5 aliphatic carbocycles. The Morgan fingerprint density at radius 2 is 1.63 bits per heavy atom. The van der Waals surface area contributed by atoms with E-state index in [1.165, 1.54) is 49.0 Å². The van der Waals surface area contributed by atoms with Crippen LogP contribution in [-0.2, 0) is 9.63 Å². The van der Waals surface area contributed by atoms with Crippen LogP contribution in [0.1, 0.15) is 115 Å². The number of hydroxylamine groups is 2. The van der Waals surface area contributed by atoms with E-state index in [-0.39, 0.29) is 33.0 Å². The van der Waals surface area contributed by atoms with Gasteiger partial charge in [0.25, 0.3) is 0 Å². The molecule has 46 heavy (non-hydrogen) atoms. The maximum Gasteiger partial charge on any atom is 0.335 e. The Bertz CT molecular complexity index is 1530. The third-order valence-electron chi connectivity index (χ3n) is 15.1. The third kappa shape index (κ3) is 4.60. The second-order valence-corrected chi connectivity index (χ2v) is 17.0. The lowest BCUT2D eigenvalue weighted by Crippen LogP contribution is -2.65. The van der Waals surface area contributed by atoms with E-state index in [2.05, 4.69) is 66.0 Å². The molecular weight excluding hydrogens is 570 g/mol. The summed E-state index contributed by atoms with van der Waals surface area (Å²) in [6.45, 7) is 19.5. The minimum Gasteiger partial charge on any atom is -0.478 e. The Morgan fingerprint density at radius 3 is 2.26 bits per heavy atom. The van der Waals surface area contributed by atoms with E-state index < -0.39 is 5.97 Å². The fourth-order valence-corrected chi connectivity index (χ4v) is 12.6. The highest BCUT2D eigenvalue weighted by molar-refractivity contribution is 5.92. The Labute approximate surface area is 277 Å². The molecule has 0 aromatic heterocycles. The average molecular weight is 626 g/mol. The van der Waals surface area contributed by atoms with Crippen LogP contribution in [0, 0.1) is 68.5 Å². The van der Waals surface area contributed by atoms with Gasteiger partial charge in [0.05, 0.1) is 12.7 Å². The van der Waals surface area contributed by atoms with Crippen molar-refractivity contribution in [3.05, 3.63) is 53.6 Å². The first-order valence-corrected chi connectivity index (χ1v) is 17.6. The van der Waals surface area contributed by atoms with Crippen molar-refractivity contribution in [1.82, 2.24) is 5.06 Å². The number of amides is 1. The molecule has 5 heteroatoms. The largest absolute Gasteiger partial charge is 0.478 e. The van der Waals surface area contributed by atoms with Crippen molar-refractivity contribution >= 4 is 17.4 Å². The predicted molar refractivity (Wildman–Crippen MR) is 183 cm³/mol. The number of carbonyl (C=O) groups is 2. The Balaban J connectivity index is 1.35. The molecule has 0 radical (unpaired) electrons. The van der Waals surface area contributed by atoms with E-state index in [1.54, 1.807) is 19.2 Å².